The third-order valence-electron chi connectivity index (χ3n) is 2.14. The highest BCUT2D eigenvalue weighted by Crippen LogP contribution is 1.97. The molecule has 3 amide bonds. The lowest BCUT2D eigenvalue weighted by atomic mass is 10.2. The molecule has 0 aliphatic rings. The molecule has 0 bridgehead atoms. The van der Waals surface area contributed by atoms with Crippen LogP contribution in [-0.2, 0) is 14.4 Å². The summed E-state index contributed by atoms with van der Waals surface area (Å²) in [5, 5.41) is 2.58. The molecule has 5 N–H and O–H groups in total. The highest BCUT2D eigenvalue weighted by Gasteiger charge is 2.22. The predicted molar refractivity (Wildman–Crippen MR) is 62.7 cm³/mol. The summed E-state index contributed by atoms with van der Waals surface area (Å²) in [6, 6.07) is -0.984. The number of hydrogen-bond donors (Lipinski definition) is 3. The largest absolute Gasteiger partial charge is 0.370 e. The second-order valence-corrected chi connectivity index (χ2v) is 3.58. The lowest BCUT2D eigenvalue weighted by Crippen LogP contribution is -2.48. The van der Waals surface area contributed by atoms with Gasteiger partial charge in [-0.05, 0) is 13.8 Å². The Bertz CT molecular complexity index is 293. The number of rotatable bonds is 7. The van der Waals surface area contributed by atoms with Crippen LogP contribution in [0.1, 0.15) is 20.3 Å². The van der Waals surface area contributed by atoms with Gasteiger partial charge in [-0.15, -0.1) is 0 Å². The van der Waals surface area contributed by atoms with Gasteiger partial charge in [0, 0.05) is 13.1 Å². The van der Waals surface area contributed by atoms with E-state index in [0.717, 1.165) is 0 Å². The van der Waals surface area contributed by atoms with Crippen molar-refractivity contribution in [1.29, 1.82) is 0 Å². The van der Waals surface area contributed by atoms with Crippen LogP contribution in [0.15, 0.2) is 0 Å². The number of likely N-dealkylation sites (N-methyl/N-ethyl adjacent to an activating group) is 2. The van der Waals surface area contributed by atoms with E-state index in [2.05, 4.69) is 5.32 Å². The fraction of sp³-hybridized carbons (Fsp3) is 0.700. The zero-order chi connectivity index (χ0) is 13.4. The van der Waals surface area contributed by atoms with E-state index in [1.165, 1.54) is 4.90 Å². The monoisotopic (exact) mass is 244 g/mol. The fourth-order valence-electron chi connectivity index (χ4n) is 1.31. The highest BCUT2D eigenvalue weighted by atomic mass is 16.2. The van der Waals surface area contributed by atoms with Gasteiger partial charge in [-0.2, -0.15) is 0 Å². The number of primary amides is 1. The Morgan fingerprint density at radius 3 is 2.29 bits per heavy atom. The predicted octanol–water partition coefficient (Wildman–Crippen LogP) is -1.83. The van der Waals surface area contributed by atoms with Gasteiger partial charge >= 0.3 is 0 Å². The molecule has 1 atom stereocenters. The van der Waals surface area contributed by atoms with Gasteiger partial charge in [-0.3, -0.25) is 14.4 Å². The molecule has 0 rings (SSSR count). The van der Waals surface area contributed by atoms with Crippen LogP contribution in [0.2, 0.25) is 0 Å². The van der Waals surface area contributed by atoms with Crippen molar-refractivity contribution in [3.8, 4) is 0 Å². The Labute approximate surface area is 100 Å². The number of nitrogens with one attached hydrogen (secondary N) is 1. The maximum atomic E-state index is 11.8. The number of hydrogen-bond acceptors (Lipinski definition) is 4. The van der Waals surface area contributed by atoms with Crippen molar-refractivity contribution in [2.24, 2.45) is 11.5 Å². The normalized spacial score (nSPS) is 11.7. The summed E-state index contributed by atoms with van der Waals surface area (Å²) >= 11 is 0. The maximum absolute atomic E-state index is 11.8. The summed E-state index contributed by atoms with van der Waals surface area (Å²) in [6.07, 6.45) is -0.218. The minimum atomic E-state index is -0.984. The molecule has 0 aromatic rings. The van der Waals surface area contributed by atoms with Crippen LogP contribution in [0.5, 0.6) is 0 Å². The maximum Gasteiger partial charge on any atom is 0.240 e. The average Bonchev–Trinajstić information content (AvgIpc) is 2.24. The molecule has 0 aliphatic carbocycles. The second-order valence-electron chi connectivity index (χ2n) is 3.58. The van der Waals surface area contributed by atoms with E-state index < -0.39 is 17.9 Å². The summed E-state index contributed by atoms with van der Waals surface area (Å²) in [5.74, 6) is -1.34. The first kappa shape index (κ1) is 15.4. The van der Waals surface area contributed by atoms with Gasteiger partial charge in [0.15, 0.2) is 0 Å². The smallest absolute Gasteiger partial charge is 0.240 e. The first-order chi connectivity index (χ1) is 7.92. The standard InChI is InChI=1S/C10H20N4O3/c1-3-13-9(16)6-14(4-2)10(17)7(11)5-8(12)15/h7H,3-6,11H2,1-2H3,(H2,12,15)(H,13,16). The van der Waals surface area contributed by atoms with E-state index >= 15 is 0 Å². The van der Waals surface area contributed by atoms with Gasteiger partial charge in [-0.25, -0.2) is 0 Å². The minimum Gasteiger partial charge on any atom is -0.370 e. The molecule has 7 nitrogen and oxygen atoms in total. The fourth-order valence-corrected chi connectivity index (χ4v) is 1.31. The van der Waals surface area contributed by atoms with Crippen molar-refractivity contribution in [1.82, 2.24) is 10.2 Å². The molecule has 0 saturated carbocycles. The van der Waals surface area contributed by atoms with E-state index in [9.17, 15) is 14.4 Å². The molecule has 0 aromatic heterocycles. The first-order valence-corrected chi connectivity index (χ1v) is 5.51. The number of carbonyl (C=O) groups is 3. The summed E-state index contributed by atoms with van der Waals surface area (Å²) in [6.45, 7) is 4.30. The number of nitrogens with zero attached hydrogens (tertiary/aromatic N) is 1. The van der Waals surface area contributed by atoms with Gasteiger partial charge < -0.3 is 21.7 Å². The van der Waals surface area contributed by atoms with Gasteiger partial charge in [0.2, 0.25) is 17.7 Å². The lowest BCUT2D eigenvalue weighted by molar-refractivity contribution is -0.138. The topological polar surface area (TPSA) is 119 Å². The number of amides is 3. The molecule has 0 radical (unpaired) electrons. The lowest BCUT2D eigenvalue weighted by Gasteiger charge is -2.23. The highest BCUT2D eigenvalue weighted by molar-refractivity contribution is 5.90. The Morgan fingerprint density at radius 2 is 1.88 bits per heavy atom. The van der Waals surface area contributed by atoms with Crippen LogP contribution in [-0.4, -0.2) is 48.3 Å². The van der Waals surface area contributed by atoms with Gasteiger partial charge in [0.25, 0.3) is 0 Å². The van der Waals surface area contributed by atoms with Crippen molar-refractivity contribution in [3.63, 3.8) is 0 Å². The van der Waals surface area contributed by atoms with E-state index in [-0.39, 0.29) is 18.9 Å². The third kappa shape index (κ3) is 5.86. The molecule has 0 spiro atoms. The van der Waals surface area contributed by atoms with Crippen molar-refractivity contribution in [2.45, 2.75) is 26.3 Å². The van der Waals surface area contributed by atoms with Crippen molar-refractivity contribution < 1.29 is 14.4 Å². The second kappa shape index (κ2) is 7.61. The van der Waals surface area contributed by atoms with E-state index in [4.69, 9.17) is 11.5 Å². The van der Waals surface area contributed by atoms with E-state index in [0.29, 0.717) is 13.1 Å². The summed E-state index contributed by atoms with van der Waals surface area (Å²) < 4.78 is 0. The molecule has 0 saturated heterocycles. The van der Waals surface area contributed by atoms with Crippen LogP contribution < -0.4 is 16.8 Å². The zero-order valence-electron chi connectivity index (χ0n) is 10.2. The van der Waals surface area contributed by atoms with Crippen molar-refractivity contribution >= 4 is 17.7 Å². The van der Waals surface area contributed by atoms with E-state index in [1.54, 1.807) is 13.8 Å². The summed E-state index contributed by atoms with van der Waals surface area (Å²) in [5.41, 5.74) is 10.5. The Hall–Kier alpha value is -1.63. The molecule has 98 valence electrons. The van der Waals surface area contributed by atoms with Gasteiger partial charge in [-0.1, -0.05) is 0 Å². The zero-order valence-corrected chi connectivity index (χ0v) is 10.2. The molecule has 7 heteroatoms. The Morgan fingerprint density at radius 1 is 1.29 bits per heavy atom. The quantitative estimate of drug-likeness (QED) is 0.488. The molecule has 17 heavy (non-hydrogen) atoms. The van der Waals surface area contributed by atoms with Crippen LogP contribution >= 0.6 is 0 Å². The van der Waals surface area contributed by atoms with Crippen LogP contribution in [0.3, 0.4) is 0 Å². The molecular weight excluding hydrogens is 224 g/mol. The van der Waals surface area contributed by atoms with Crippen LogP contribution in [0, 0.1) is 0 Å². The SMILES string of the molecule is CCNC(=O)CN(CC)C(=O)C(N)CC(N)=O. The summed E-state index contributed by atoms with van der Waals surface area (Å²) in [7, 11) is 0. The van der Waals surface area contributed by atoms with Crippen molar-refractivity contribution in [2.75, 3.05) is 19.6 Å². The molecule has 1 unspecified atom stereocenters. The van der Waals surface area contributed by atoms with Crippen LogP contribution in [0.4, 0.5) is 0 Å². The Balaban J connectivity index is 4.39. The third-order valence-corrected chi connectivity index (χ3v) is 2.14. The van der Waals surface area contributed by atoms with E-state index in [1.807, 2.05) is 0 Å². The summed E-state index contributed by atoms with van der Waals surface area (Å²) in [4.78, 5) is 35.0. The van der Waals surface area contributed by atoms with Gasteiger partial charge in [0.1, 0.15) is 0 Å². The molecule has 0 aliphatic heterocycles. The number of nitrogens with two attached hydrogens (primary N) is 2. The Kier molecular flexibility index (Phi) is 6.88. The molecular formula is C10H20N4O3. The average molecular weight is 244 g/mol. The molecule has 0 aromatic carbocycles. The minimum absolute atomic E-state index is 0.0599. The first-order valence-electron chi connectivity index (χ1n) is 5.51. The number of carbonyl (C=O) groups excluding carboxylic acids is 3. The molecule has 0 fully saturated rings. The van der Waals surface area contributed by atoms with Gasteiger partial charge in [0.05, 0.1) is 19.0 Å². The van der Waals surface area contributed by atoms with Crippen LogP contribution in [0.25, 0.3) is 0 Å². The molecule has 0 heterocycles. The van der Waals surface area contributed by atoms with Crippen molar-refractivity contribution in [3.05, 3.63) is 0 Å².